The van der Waals surface area contributed by atoms with Crippen LogP contribution in [0.5, 0.6) is 0 Å². The van der Waals surface area contributed by atoms with Crippen LogP contribution in [0.3, 0.4) is 0 Å². The minimum atomic E-state index is -1.72. The van der Waals surface area contributed by atoms with E-state index >= 15 is 0 Å². The van der Waals surface area contributed by atoms with Crippen molar-refractivity contribution in [1.29, 1.82) is 0 Å². The molecule has 0 saturated heterocycles. The second kappa shape index (κ2) is 10.7. The molecular formula is C31H38N2O7. The smallest absolute Gasteiger partial charge is 0.306 e. The van der Waals surface area contributed by atoms with Crippen LogP contribution in [-0.4, -0.2) is 57.0 Å². The third kappa shape index (κ3) is 4.83. The van der Waals surface area contributed by atoms with Gasteiger partial charge in [-0.3, -0.25) is 24.2 Å². The van der Waals surface area contributed by atoms with Crippen LogP contribution in [0.15, 0.2) is 48.3 Å². The second-order valence-corrected chi connectivity index (χ2v) is 12.3. The molecule has 214 valence electrons. The number of rotatable bonds is 8. The number of aliphatic hydroxyl groups excluding tert-OH is 1. The van der Waals surface area contributed by atoms with E-state index in [0.717, 1.165) is 24.0 Å². The highest BCUT2D eigenvalue weighted by Crippen LogP contribution is 2.67. The average molecular weight is 551 g/mol. The van der Waals surface area contributed by atoms with Gasteiger partial charge in [0.1, 0.15) is 5.60 Å². The van der Waals surface area contributed by atoms with Gasteiger partial charge in [-0.2, -0.15) is 0 Å². The fourth-order valence-corrected chi connectivity index (χ4v) is 8.13. The molecular weight excluding hydrogens is 512 g/mol. The minimum absolute atomic E-state index is 0.0125. The topological polar surface area (TPSA) is 143 Å². The monoisotopic (exact) mass is 550 g/mol. The number of allylic oxidation sites excluding steroid dienone is 4. The van der Waals surface area contributed by atoms with Crippen LogP contribution in [-0.2, 0) is 30.5 Å². The van der Waals surface area contributed by atoms with Crippen molar-refractivity contribution in [3.63, 3.8) is 0 Å². The average Bonchev–Trinajstić information content (AvgIpc) is 3.20. The molecule has 3 saturated carbocycles. The number of esters is 1. The summed E-state index contributed by atoms with van der Waals surface area (Å²) in [6.45, 7) is 3.68. The van der Waals surface area contributed by atoms with Crippen molar-refractivity contribution < 1.29 is 34.1 Å². The fraction of sp³-hybridized carbons (Fsp3) is 0.581. The number of aliphatic hydroxyl groups is 2. The number of ketones is 2. The van der Waals surface area contributed by atoms with E-state index in [0.29, 0.717) is 13.0 Å². The molecule has 5 unspecified atom stereocenters. The number of pyridine rings is 1. The lowest BCUT2D eigenvalue weighted by molar-refractivity contribution is -0.181. The third-order valence-corrected chi connectivity index (χ3v) is 10.2. The molecule has 1 heterocycles. The number of carbonyl (C=O) groups excluding carboxylic acids is 4. The van der Waals surface area contributed by atoms with Crippen molar-refractivity contribution >= 4 is 23.4 Å². The molecule has 1 amide bonds. The highest BCUT2D eigenvalue weighted by Gasteiger charge is 2.68. The molecule has 0 aromatic carbocycles. The molecule has 9 nitrogen and oxygen atoms in total. The number of nitrogens with one attached hydrogen (secondary N) is 1. The van der Waals surface area contributed by atoms with Crippen LogP contribution in [0.2, 0.25) is 0 Å². The molecule has 1 aromatic rings. The van der Waals surface area contributed by atoms with E-state index in [1.807, 2.05) is 19.1 Å². The maximum Gasteiger partial charge on any atom is 0.306 e. The van der Waals surface area contributed by atoms with Crippen molar-refractivity contribution in [2.75, 3.05) is 6.61 Å². The van der Waals surface area contributed by atoms with Gasteiger partial charge in [-0.25, -0.2) is 0 Å². The van der Waals surface area contributed by atoms with Crippen LogP contribution in [0.4, 0.5) is 0 Å². The summed E-state index contributed by atoms with van der Waals surface area (Å²) in [6.07, 6.45) is 10.1. The Kier molecular flexibility index (Phi) is 7.56. The Morgan fingerprint density at radius 3 is 2.75 bits per heavy atom. The summed E-state index contributed by atoms with van der Waals surface area (Å²) < 4.78 is 5.20. The van der Waals surface area contributed by atoms with Crippen LogP contribution >= 0.6 is 0 Å². The number of hydrogen-bond acceptors (Lipinski definition) is 8. The number of fused-ring (bicyclic) bond motifs is 5. The summed E-state index contributed by atoms with van der Waals surface area (Å²) in [5, 5.41) is 25.9. The SMILES string of the molecule is C[C@]12C=CC(=O)C=C1CCC1C2C(O)C[C@@]2(C)C1CCC2(O)C(=O)COC(=O)CCC(=O)NCc1cccnc1. The van der Waals surface area contributed by atoms with Crippen LogP contribution in [0.1, 0.15) is 64.4 Å². The first-order valence-electron chi connectivity index (χ1n) is 14.2. The number of Topliss-reactive ketones (excluding diaryl/α,β-unsaturated/α-hetero) is 1. The lowest BCUT2D eigenvalue weighted by Gasteiger charge is -2.59. The van der Waals surface area contributed by atoms with Gasteiger partial charge in [0.25, 0.3) is 0 Å². The molecule has 1 aromatic heterocycles. The molecule has 7 atom stereocenters. The van der Waals surface area contributed by atoms with E-state index in [9.17, 15) is 29.4 Å². The lowest BCUT2D eigenvalue weighted by atomic mass is 9.46. The Morgan fingerprint density at radius 1 is 1.20 bits per heavy atom. The maximum atomic E-state index is 13.4. The number of aromatic nitrogens is 1. The van der Waals surface area contributed by atoms with Gasteiger partial charge in [-0.1, -0.05) is 31.6 Å². The summed E-state index contributed by atoms with van der Waals surface area (Å²) >= 11 is 0. The molecule has 0 bridgehead atoms. The normalized spacial score (nSPS) is 36.1. The zero-order valence-corrected chi connectivity index (χ0v) is 23.1. The first-order chi connectivity index (χ1) is 19.0. The van der Waals surface area contributed by atoms with Gasteiger partial charge in [0.15, 0.2) is 12.4 Å². The van der Waals surface area contributed by atoms with Crippen LogP contribution < -0.4 is 5.32 Å². The number of hydrogen-bond donors (Lipinski definition) is 3. The highest BCUT2D eigenvalue weighted by atomic mass is 16.5. The van der Waals surface area contributed by atoms with E-state index in [1.54, 1.807) is 30.6 Å². The largest absolute Gasteiger partial charge is 0.458 e. The third-order valence-electron chi connectivity index (χ3n) is 10.2. The number of amides is 1. The van der Waals surface area contributed by atoms with E-state index in [-0.39, 0.29) is 55.1 Å². The Hall–Kier alpha value is -3.17. The minimum Gasteiger partial charge on any atom is -0.458 e. The van der Waals surface area contributed by atoms with Gasteiger partial charge in [-0.15, -0.1) is 0 Å². The summed E-state index contributed by atoms with van der Waals surface area (Å²) in [6, 6.07) is 3.60. The van der Waals surface area contributed by atoms with Gasteiger partial charge in [-0.05, 0) is 67.7 Å². The Balaban J connectivity index is 1.18. The van der Waals surface area contributed by atoms with Gasteiger partial charge < -0.3 is 20.3 Å². The zero-order valence-electron chi connectivity index (χ0n) is 23.1. The fourth-order valence-electron chi connectivity index (χ4n) is 8.13. The van der Waals surface area contributed by atoms with Gasteiger partial charge >= 0.3 is 5.97 Å². The van der Waals surface area contributed by atoms with Crippen molar-refractivity contribution in [2.45, 2.75) is 77.0 Å². The second-order valence-electron chi connectivity index (χ2n) is 12.3. The van der Waals surface area contributed by atoms with E-state index in [4.69, 9.17) is 4.74 Å². The molecule has 40 heavy (non-hydrogen) atoms. The van der Waals surface area contributed by atoms with E-state index < -0.39 is 40.9 Å². The Labute approximate surface area is 234 Å². The molecule has 0 aliphatic heterocycles. The Bertz CT molecular complexity index is 1260. The maximum absolute atomic E-state index is 13.4. The summed E-state index contributed by atoms with van der Waals surface area (Å²) in [7, 11) is 0. The number of nitrogens with zero attached hydrogens (tertiary/aromatic N) is 1. The summed E-state index contributed by atoms with van der Waals surface area (Å²) in [5.41, 5.74) is -1.13. The first kappa shape index (κ1) is 28.4. The zero-order chi connectivity index (χ0) is 28.7. The van der Waals surface area contributed by atoms with E-state index in [2.05, 4.69) is 17.2 Å². The van der Waals surface area contributed by atoms with Crippen molar-refractivity contribution in [2.24, 2.45) is 28.6 Å². The van der Waals surface area contributed by atoms with E-state index in [1.165, 1.54) is 0 Å². The van der Waals surface area contributed by atoms with Gasteiger partial charge in [0.2, 0.25) is 11.7 Å². The quantitative estimate of drug-likeness (QED) is 0.419. The molecule has 3 fully saturated rings. The van der Waals surface area contributed by atoms with Gasteiger partial charge in [0.05, 0.1) is 12.5 Å². The number of ether oxygens (including phenoxy) is 1. The standard InChI is InChI=1S/C31H38N2O7/c1-29-11-9-21(34)14-20(29)5-6-22-23-10-12-31(39,30(23,2)15-24(35)28(22)29)25(36)18-40-27(38)8-7-26(37)33-17-19-4-3-13-32-16-19/h3-4,9,11,13-14,16,22-24,28,35,39H,5-8,10,12,15,17-18H2,1-2H3,(H,33,37)/t22?,23?,24?,28?,29-,30-,31?/m0/s1. The van der Waals surface area contributed by atoms with Gasteiger partial charge in [0, 0.05) is 42.1 Å². The number of carbonyl (C=O) groups is 4. The van der Waals surface area contributed by atoms with Crippen molar-refractivity contribution in [3.05, 3.63) is 53.9 Å². The predicted octanol–water partition coefficient (Wildman–Crippen LogP) is 2.60. The van der Waals surface area contributed by atoms with Crippen molar-refractivity contribution in [3.8, 4) is 0 Å². The van der Waals surface area contributed by atoms with Crippen LogP contribution in [0.25, 0.3) is 0 Å². The molecule has 3 N–H and O–H groups in total. The molecule has 5 rings (SSSR count). The molecule has 4 aliphatic carbocycles. The highest BCUT2D eigenvalue weighted by molar-refractivity contribution is 6.01. The molecule has 0 radical (unpaired) electrons. The lowest BCUT2D eigenvalue weighted by Crippen LogP contribution is -2.61. The summed E-state index contributed by atoms with van der Waals surface area (Å²) in [4.78, 5) is 53.8. The van der Waals surface area contributed by atoms with Crippen LogP contribution in [0, 0.1) is 28.6 Å². The molecule has 9 heteroatoms. The first-order valence-corrected chi connectivity index (χ1v) is 14.2. The van der Waals surface area contributed by atoms with Crippen molar-refractivity contribution in [1.82, 2.24) is 10.3 Å². The summed E-state index contributed by atoms with van der Waals surface area (Å²) in [5.74, 6) is -1.60. The Morgan fingerprint density at radius 2 is 2.00 bits per heavy atom. The predicted molar refractivity (Wildman–Crippen MR) is 144 cm³/mol. The molecule has 0 spiro atoms. The molecule has 4 aliphatic rings.